The summed E-state index contributed by atoms with van der Waals surface area (Å²) in [7, 11) is 1.58. The molecular formula is C13H19ClN2O4. The van der Waals surface area contributed by atoms with Gasteiger partial charge in [0.15, 0.2) is 0 Å². The van der Waals surface area contributed by atoms with Gasteiger partial charge in [0.1, 0.15) is 0 Å². The van der Waals surface area contributed by atoms with Crippen molar-refractivity contribution in [2.24, 2.45) is 0 Å². The number of aliphatic hydroxyl groups excluding tert-OH is 1. The molecule has 7 heteroatoms. The Morgan fingerprint density at radius 3 is 2.80 bits per heavy atom. The van der Waals surface area contributed by atoms with Crippen molar-refractivity contribution in [3.05, 3.63) is 38.9 Å². The van der Waals surface area contributed by atoms with E-state index in [2.05, 4.69) is 5.32 Å². The fourth-order valence-electron chi connectivity index (χ4n) is 1.90. The summed E-state index contributed by atoms with van der Waals surface area (Å²) >= 11 is 6.04. The average Bonchev–Trinajstić information content (AvgIpc) is 2.38. The number of halogens is 1. The van der Waals surface area contributed by atoms with Crippen LogP contribution in [-0.2, 0) is 11.3 Å². The van der Waals surface area contributed by atoms with Gasteiger partial charge in [-0.1, -0.05) is 11.6 Å². The van der Waals surface area contributed by atoms with E-state index in [0.29, 0.717) is 30.2 Å². The van der Waals surface area contributed by atoms with Crippen LogP contribution in [0.15, 0.2) is 18.2 Å². The van der Waals surface area contributed by atoms with E-state index in [4.69, 9.17) is 21.4 Å². The number of rotatable bonds is 8. The van der Waals surface area contributed by atoms with E-state index in [1.54, 1.807) is 7.11 Å². The van der Waals surface area contributed by atoms with Crippen LogP contribution in [0.3, 0.4) is 0 Å². The second-order valence-electron chi connectivity index (χ2n) is 4.85. The maximum absolute atomic E-state index is 10.8. The third kappa shape index (κ3) is 4.72. The van der Waals surface area contributed by atoms with Crippen LogP contribution in [0.2, 0.25) is 5.02 Å². The molecule has 0 fully saturated rings. The van der Waals surface area contributed by atoms with Gasteiger partial charge in [0, 0.05) is 43.0 Å². The lowest BCUT2D eigenvalue weighted by atomic mass is 9.99. The van der Waals surface area contributed by atoms with Crippen molar-refractivity contribution in [3.8, 4) is 0 Å². The molecule has 0 aliphatic heterocycles. The highest BCUT2D eigenvalue weighted by Gasteiger charge is 2.23. The van der Waals surface area contributed by atoms with Gasteiger partial charge in [-0.3, -0.25) is 10.1 Å². The van der Waals surface area contributed by atoms with Gasteiger partial charge in [-0.15, -0.1) is 0 Å². The zero-order valence-corrected chi connectivity index (χ0v) is 12.3. The summed E-state index contributed by atoms with van der Waals surface area (Å²) in [6, 6.07) is 4.33. The van der Waals surface area contributed by atoms with E-state index in [-0.39, 0.29) is 12.3 Å². The van der Waals surface area contributed by atoms with Gasteiger partial charge in [-0.2, -0.15) is 0 Å². The molecule has 0 aliphatic carbocycles. The van der Waals surface area contributed by atoms with Crippen LogP contribution in [0.1, 0.15) is 18.9 Å². The van der Waals surface area contributed by atoms with Crippen LogP contribution in [0.4, 0.5) is 5.69 Å². The summed E-state index contributed by atoms with van der Waals surface area (Å²) in [6.45, 7) is 2.72. The molecular weight excluding hydrogens is 284 g/mol. The number of ether oxygens (including phenoxy) is 1. The molecule has 0 radical (unpaired) electrons. The molecule has 20 heavy (non-hydrogen) atoms. The Morgan fingerprint density at radius 2 is 2.25 bits per heavy atom. The summed E-state index contributed by atoms with van der Waals surface area (Å²) in [6.07, 6.45) is 0.507. The molecule has 112 valence electrons. The molecule has 0 heterocycles. The topological polar surface area (TPSA) is 84.6 Å². The number of nitrogens with one attached hydrogen (secondary N) is 1. The van der Waals surface area contributed by atoms with Crippen molar-refractivity contribution in [2.75, 3.05) is 20.3 Å². The van der Waals surface area contributed by atoms with Crippen molar-refractivity contribution in [3.63, 3.8) is 0 Å². The molecule has 1 rings (SSSR count). The zero-order chi connectivity index (χ0) is 15.2. The Balaban J connectivity index is 2.81. The van der Waals surface area contributed by atoms with E-state index >= 15 is 0 Å². The minimum absolute atomic E-state index is 0.00167. The van der Waals surface area contributed by atoms with E-state index in [0.717, 1.165) is 0 Å². The highest BCUT2D eigenvalue weighted by Crippen LogP contribution is 2.23. The molecule has 0 saturated heterocycles. The van der Waals surface area contributed by atoms with Crippen molar-refractivity contribution >= 4 is 17.3 Å². The number of nitro groups is 1. The van der Waals surface area contributed by atoms with Gasteiger partial charge in [0.2, 0.25) is 0 Å². The predicted octanol–water partition coefficient (Wildman–Crippen LogP) is 2.13. The SMILES string of the molecule is COCC(C)(CCO)NCc1cc([N+](=O)[O-])ccc1Cl. The molecule has 1 unspecified atom stereocenters. The number of nitro benzene ring substituents is 1. The van der Waals surface area contributed by atoms with Crippen molar-refractivity contribution in [2.45, 2.75) is 25.4 Å². The van der Waals surface area contributed by atoms with Crippen LogP contribution in [0.5, 0.6) is 0 Å². The summed E-state index contributed by atoms with van der Waals surface area (Å²) < 4.78 is 5.13. The number of benzene rings is 1. The first-order valence-electron chi connectivity index (χ1n) is 6.19. The van der Waals surface area contributed by atoms with Gasteiger partial charge in [-0.05, 0) is 25.0 Å². The fourth-order valence-corrected chi connectivity index (χ4v) is 2.08. The van der Waals surface area contributed by atoms with E-state index in [9.17, 15) is 10.1 Å². The Morgan fingerprint density at radius 1 is 1.55 bits per heavy atom. The molecule has 0 amide bonds. The smallest absolute Gasteiger partial charge is 0.269 e. The van der Waals surface area contributed by atoms with Crippen LogP contribution in [0.25, 0.3) is 0 Å². The lowest BCUT2D eigenvalue weighted by Crippen LogP contribution is -2.46. The second-order valence-corrected chi connectivity index (χ2v) is 5.26. The Bertz CT molecular complexity index is 462. The number of hydrogen-bond donors (Lipinski definition) is 2. The summed E-state index contributed by atoms with van der Waals surface area (Å²) in [5.74, 6) is 0. The number of methoxy groups -OCH3 is 1. The van der Waals surface area contributed by atoms with E-state index < -0.39 is 10.5 Å². The summed E-state index contributed by atoms with van der Waals surface area (Å²) in [5.41, 5.74) is 0.222. The van der Waals surface area contributed by atoms with Gasteiger partial charge >= 0.3 is 0 Å². The summed E-state index contributed by atoms with van der Waals surface area (Å²) in [5, 5.41) is 23.5. The second kappa shape index (κ2) is 7.54. The fraction of sp³-hybridized carbons (Fsp3) is 0.538. The maximum atomic E-state index is 10.8. The highest BCUT2D eigenvalue weighted by atomic mass is 35.5. The molecule has 0 bridgehead atoms. The monoisotopic (exact) mass is 302 g/mol. The molecule has 1 aromatic rings. The first-order valence-corrected chi connectivity index (χ1v) is 6.57. The van der Waals surface area contributed by atoms with Crippen molar-refractivity contribution in [1.29, 1.82) is 0 Å². The lowest BCUT2D eigenvalue weighted by Gasteiger charge is -2.29. The van der Waals surface area contributed by atoms with Gasteiger partial charge in [0.05, 0.1) is 11.5 Å². The lowest BCUT2D eigenvalue weighted by molar-refractivity contribution is -0.384. The van der Waals surface area contributed by atoms with E-state index in [1.807, 2.05) is 6.92 Å². The minimum Gasteiger partial charge on any atom is -0.396 e. The van der Waals surface area contributed by atoms with Crippen LogP contribution in [0, 0.1) is 10.1 Å². The average molecular weight is 303 g/mol. The summed E-state index contributed by atoms with van der Waals surface area (Å²) in [4.78, 5) is 10.3. The molecule has 0 aromatic heterocycles. The van der Waals surface area contributed by atoms with Gasteiger partial charge in [0.25, 0.3) is 5.69 Å². The maximum Gasteiger partial charge on any atom is 0.269 e. The first kappa shape index (κ1) is 16.8. The molecule has 2 N–H and O–H groups in total. The van der Waals surface area contributed by atoms with E-state index in [1.165, 1.54) is 18.2 Å². The molecule has 0 aliphatic rings. The number of aliphatic hydroxyl groups is 1. The molecule has 6 nitrogen and oxygen atoms in total. The normalized spacial score (nSPS) is 14.0. The Kier molecular flexibility index (Phi) is 6.35. The van der Waals surface area contributed by atoms with Crippen LogP contribution < -0.4 is 5.32 Å². The van der Waals surface area contributed by atoms with Gasteiger partial charge in [-0.25, -0.2) is 0 Å². The van der Waals surface area contributed by atoms with Crippen molar-refractivity contribution in [1.82, 2.24) is 5.32 Å². The van der Waals surface area contributed by atoms with Crippen LogP contribution >= 0.6 is 11.6 Å². The zero-order valence-electron chi connectivity index (χ0n) is 11.6. The molecule has 0 saturated carbocycles. The van der Waals surface area contributed by atoms with Gasteiger partial charge < -0.3 is 15.2 Å². The Labute approximate surface area is 122 Å². The van der Waals surface area contributed by atoms with Crippen molar-refractivity contribution < 1.29 is 14.8 Å². The predicted molar refractivity (Wildman–Crippen MR) is 76.9 cm³/mol. The number of hydrogen-bond acceptors (Lipinski definition) is 5. The third-order valence-electron chi connectivity index (χ3n) is 3.07. The quantitative estimate of drug-likeness (QED) is 0.567. The number of nitrogens with zero attached hydrogens (tertiary/aromatic N) is 1. The molecule has 0 spiro atoms. The standard InChI is InChI=1S/C13H19ClN2O4/c1-13(5-6-17,9-20-2)15-8-10-7-11(16(18)19)3-4-12(10)14/h3-4,7,15,17H,5-6,8-9H2,1-2H3. The number of non-ortho nitro benzene ring substituents is 1. The largest absolute Gasteiger partial charge is 0.396 e. The molecule has 1 atom stereocenters. The Hall–Kier alpha value is -1.21. The minimum atomic E-state index is -0.456. The third-order valence-corrected chi connectivity index (χ3v) is 3.44. The molecule has 1 aromatic carbocycles. The highest BCUT2D eigenvalue weighted by molar-refractivity contribution is 6.31. The first-order chi connectivity index (χ1) is 9.41. The van der Waals surface area contributed by atoms with Crippen LogP contribution in [-0.4, -0.2) is 35.9 Å².